The highest BCUT2D eigenvalue weighted by atomic mass is 19.3. The SMILES string of the molecule is COc1cc(C(=O)OCC(=O)N(CCC#N)c2ccc(C)cc2)ccc1OC(F)F. The van der Waals surface area contributed by atoms with Crippen molar-refractivity contribution in [2.75, 3.05) is 25.2 Å². The fourth-order valence-corrected chi connectivity index (χ4v) is 2.56. The summed E-state index contributed by atoms with van der Waals surface area (Å²) in [5.74, 6) is -1.66. The molecule has 0 atom stereocenters. The third-order valence-corrected chi connectivity index (χ3v) is 4.04. The van der Waals surface area contributed by atoms with Crippen molar-refractivity contribution < 1.29 is 32.6 Å². The number of nitrogens with zero attached hydrogens (tertiary/aromatic N) is 2. The number of methoxy groups -OCH3 is 1. The Balaban J connectivity index is 2.08. The fourth-order valence-electron chi connectivity index (χ4n) is 2.56. The predicted molar refractivity (Wildman–Crippen MR) is 104 cm³/mol. The summed E-state index contributed by atoms with van der Waals surface area (Å²) < 4.78 is 39.1. The van der Waals surface area contributed by atoms with Crippen LogP contribution in [0.25, 0.3) is 0 Å². The summed E-state index contributed by atoms with van der Waals surface area (Å²) in [5, 5.41) is 8.84. The number of alkyl halides is 2. The lowest BCUT2D eigenvalue weighted by molar-refractivity contribution is -0.121. The van der Waals surface area contributed by atoms with Gasteiger partial charge in [0.05, 0.1) is 25.2 Å². The van der Waals surface area contributed by atoms with Gasteiger partial charge in [-0.25, -0.2) is 4.79 Å². The van der Waals surface area contributed by atoms with Crippen LogP contribution in [0, 0.1) is 18.3 Å². The van der Waals surface area contributed by atoms with E-state index in [4.69, 9.17) is 14.7 Å². The van der Waals surface area contributed by atoms with E-state index in [1.807, 2.05) is 25.1 Å². The van der Waals surface area contributed by atoms with E-state index < -0.39 is 25.1 Å². The third kappa shape index (κ3) is 6.17. The average Bonchev–Trinajstić information content (AvgIpc) is 2.73. The molecule has 0 radical (unpaired) electrons. The molecule has 0 saturated heterocycles. The molecule has 30 heavy (non-hydrogen) atoms. The zero-order valence-corrected chi connectivity index (χ0v) is 16.4. The Morgan fingerprint density at radius 1 is 1.13 bits per heavy atom. The molecule has 9 heteroatoms. The van der Waals surface area contributed by atoms with Gasteiger partial charge in [-0.05, 0) is 37.3 Å². The van der Waals surface area contributed by atoms with Crippen molar-refractivity contribution in [3.05, 3.63) is 53.6 Å². The number of esters is 1. The van der Waals surface area contributed by atoms with Gasteiger partial charge in [-0.3, -0.25) is 4.79 Å². The molecule has 0 heterocycles. The van der Waals surface area contributed by atoms with Gasteiger partial charge in [-0.1, -0.05) is 17.7 Å². The van der Waals surface area contributed by atoms with E-state index in [0.29, 0.717) is 5.69 Å². The summed E-state index contributed by atoms with van der Waals surface area (Å²) in [4.78, 5) is 26.2. The normalized spacial score (nSPS) is 10.3. The first-order valence-corrected chi connectivity index (χ1v) is 8.89. The smallest absolute Gasteiger partial charge is 0.387 e. The van der Waals surface area contributed by atoms with Crippen molar-refractivity contribution in [3.8, 4) is 17.6 Å². The van der Waals surface area contributed by atoms with Crippen molar-refractivity contribution in [2.24, 2.45) is 0 Å². The minimum atomic E-state index is -3.05. The maximum absolute atomic E-state index is 12.6. The number of hydrogen-bond acceptors (Lipinski definition) is 6. The van der Waals surface area contributed by atoms with Crippen LogP contribution in [0.3, 0.4) is 0 Å². The highest BCUT2D eigenvalue weighted by Gasteiger charge is 2.19. The van der Waals surface area contributed by atoms with Gasteiger partial charge in [0.2, 0.25) is 0 Å². The van der Waals surface area contributed by atoms with Crippen LogP contribution in [0.15, 0.2) is 42.5 Å². The number of ether oxygens (including phenoxy) is 3. The standard InChI is InChI=1S/C21H20F2N2O5/c1-14-4-7-16(8-5-14)25(11-3-10-24)19(26)13-29-20(27)15-6-9-17(30-21(22)23)18(12-15)28-2/h4-9,12,21H,3,11,13H2,1-2H3. The first kappa shape index (κ1) is 22.6. The monoisotopic (exact) mass is 418 g/mol. The van der Waals surface area contributed by atoms with Gasteiger partial charge >= 0.3 is 12.6 Å². The van der Waals surface area contributed by atoms with Gasteiger partial charge in [0.1, 0.15) is 0 Å². The third-order valence-electron chi connectivity index (χ3n) is 4.04. The molecule has 2 aromatic carbocycles. The number of aryl methyl sites for hydroxylation is 1. The van der Waals surface area contributed by atoms with Gasteiger partial charge in [0, 0.05) is 12.2 Å². The summed E-state index contributed by atoms with van der Waals surface area (Å²) in [6.45, 7) is -1.56. The molecular formula is C21H20F2N2O5. The van der Waals surface area contributed by atoms with Crippen LogP contribution in [0.1, 0.15) is 22.3 Å². The van der Waals surface area contributed by atoms with Gasteiger partial charge in [-0.2, -0.15) is 14.0 Å². The molecule has 0 bridgehead atoms. The van der Waals surface area contributed by atoms with Gasteiger partial charge in [0.25, 0.3) is 5.91 Å². The van der Waals surface area contributed by atoms with Crippen LogP contribution >= 0.6 is 0 Å². The molecule has 0 unspecified atom stereocenters. The van der Waals surface area contributed by atoms with Crippen LogP contribution < -0.4 is 14.4 Å². The fraction of sp³-hybridized carbons (Fsp3) is 0.286. The zero-order valence-electron chi connectivity index (χ0n) is 16.4. The van der Waals surface area contributed by atoms with Crippen molar-refractivity contribution in [1.29, 1.82) is 5.26 Å². The first-order valence-electron chi connectivity index (χ1n) is 8.89. The molecule has 0 aliphatic carbocycles. The summed E-state index contributed by atoms with van der Waals surface area (Å²) >= 11 is 0. The van der Waals surface area contributed by atoms with Crippen molar-refractivity contribution in [2.45, 2.75) is 20.0 Å². The highest BCUT2D eigenvalue weighted by molar-refractivity contribution is 5.97. The molecule has 0 aliphatic heterocycles. The number of amides is 1. The quantitative estimate of drug-likeness (QED) is 0.577. The number of nitriles is 1. The van der Waals surface area contributed by atoms with Crippen LogP contribution in [-0.2, 0) is 9.53 Å². The van der Waals surface area contributed by atoms with Gasteiger partial charge < -0.3 is 19.1 Å². The lowest BCUT2D eigenvalue weighted by atomic mass is 10.2. The number of anilines is 1. The maximum atomic E-state index is 12.6. The highest BCUT2D eigenvalue weighted by Crippen LogP contribution is 2.29. The predicted octanol–water partition coefficient (Wildman–Crippen LogP) is 3.71. The van der Waals surface area contributed by atoms with Crippen LogP contribution in [-0.4, -0.2) is 38.7 Å². The summed E-state index contributed by atoms with van der Waals surface area (Å²) in [6.07, 6.45) is 0.108. The average molecular weight is 418 g/mol. The van der Waals surface area contributed by atoms with Crippen molar-refractivity contribution in [1.82, 2.24) is 0 Å². The molecule has 2 rings (SSSR count). The Hall–Kier alpha value is -3.67. The molecule has 0 saturated carbocycles. The molecule has 0 spiro atoms. The molecule has 7 nitrogen and oxygen atoms in total. The minimum Gasteiger partial charge on any atom is -0.493 e. The Morgan fingerprint density at radius 3 is 2.43 bits per heavy atom. The van der Waals surface area contributed by atoms with Crippen molar-refractivity contribution >= 4 is 17.6 Å². The second-order valence-corrected chi connectivity index (χ2v) is 6.11. The molecule has 0 aliphatic rings. The second kappa shape index (κ2) is 10.8. The van der Waals surface area contributed by atoms with Crippen LogP contribution in [0.4, 0.5) is 14.5 Å². The summed E-state index contributed by atoms with van der Waals surface area (Å²) in [5.41, 5.74) is 1.58. The second-order valence-electron chi connectivity index (χ2n) is 6.11. The molecule has 2 aromatic rings. The van der Waals surface area contributed by atoms with Crippen molar-refractivity contribution in [3.63, 3.8) is 0 Å². The lowest BCUT2D eigenvalue weighted by Gasteiger charge is -2.22. The first-order chi connectivity index (χ1) is 14.3. The molecule has 0 aromatic heterocycles. The van der Waals surface area contributed by atoms with E-state index in [1.54, 1.807) is 12.1 Å². The van der Waals surface area contributed by atoms with Gasteiger partial charge in [-0.15, -0.1) is 0 Å². The Kier molecular flexibility index (Phi) is 8.11. The van der Waals surface area contributed by atoms with Crippen LogP contribution in [0.5, 0.6) is 11.5 Å². The molecule has 1 amide bonds. The number of benzene rings is 2. The molecule has 0 N–H and O–H groups in total. The zero-order chi connectivity index (χ0) is 22.1. The summed E-state index contributed by atoms with van der Waals surface area (Å²) in [6, 6.07) is 12.6. The Morgan fingerprint density at radius 2 is 1.83 bits per heavy atom. The lowest BCUT2D eigenvalue weighted by Crippen LogP contribution is -2.35. The largest absolute Gasteiger partial charge is 0.493 e. The molecule has 0 fully saturated rings. The maximum Gasteiger partial charge on any atom is 0.387 e. The topological polar surface area (TPSA) is 88.9 Å². The van der Waals surface area contributed by atoms with E-state index in [9.17, 15) is 18.4 Å². The molecule has 158 valence electrons. The molecular weight excluding hydrogens is 398 g/mol. The van der Waals surface area contributed by atoms with E-state index >= 15 is 0 Å². The van der Waals surface area contributed by atoms with Gasteiger partial charge in [0.15, 0.2) is 18.1 Å². The summed E-state index contributed by atoms with van der Waals surface area (Å²) in [7, 11) is 1.24. The van der Waals surface area contributed by atoms with E-state index in [-0.39, 0.29) is 30.0 Å². The number of halogens is 2. The number of carbonyl (C=O) groups excluding carboxylic acids is 2. The Labute approximate surface area is 172 Å². The van der Waals surface area contributed by atoms with E-state index in [2.05, 4.69) is 4.74 Å². The minimum absolute atomic E-state index is 0.000164. The number of carbonyl (C=O) groups is 2. The Bertz CT molecular complexity index is 926. The number of hydrogen-bond donors (Lipinski definition) is 0. The van der Waals surface area contributed by atoms with Crippen LogP contribution in [0.2, 0.25) is 0 Å². The number of rotatable bonds is 9. The van der Waals surface area contributed by atoms with E-state index in [0.717, 1.165) is 11.6 Å². The van der Waals surface area contributed by atoms with E-state index in [1.165, 1.54) is 24.1 Å².